The van der Waals surface area contributed by atoms with E-state index in [1.165, 1.54) is 16.6 Å². The maximum absolute atomic E-state index is 12.5. The molecule has 4 rings (SSSR count). The Morgan fingerprint density at radius 2 is 1.71 bits per heavy atom. The van der Waals surface area contributed by atoms with E-state index >= 15 is 0 Å². The van der Waals surface area contributed by atoms with Gasteiger partial charge in [0.2, 0.25) is 5.91 Å². The number of carbonyl (C=O) groups is 1. The minimum absolute atomic E-state index is 0.0800. The van der Waals surface area contributed by atoms with Gasteiger partial charge in [-0.1, -0.05) is 72.4 Å². The average molecular weight is 406 g/mol. The zero-order valence-corrected chi connectivity index (χ0v) is 17.0. The molecule has 0 unspecified atom stereocenters. The van der Waals surface area contributed by atoms with Crippen molar-refractivity contribution in [1.29, 1.82) is 0 Å². The Hall–Kier alpha value is -2.70. The molecule has 0 bridgehead atoms. The zero-order chi connectivity index (χ0) is 19.3. The van der Waals surface area contributed by atoms with Gasteiger partial charge in [0.1, 0.15) is 10.7 Å². The van der Waals surface area contributed by atoms with Gasteiger partial charge < -0.3 is 4.90 Å². The molecule has 140 valence electrons. The van der Waals surface area contributed by atoms with Crippen LogP contribution < -0.4 is 0 Å². The highest BCUT2D eigenvalue weighted by Crippen LogP contribution is 2.31. The van der Waals surface area contributed by atoms with Crippen LogP contribution in [0.4, 0.5) is 0 Å². The van der Waals surface area contributed by atoms with Crippen LogP contribution in [0.2, 0.25) is 0 Å². The highest BCUT2D eigenvalue weighted by Gasteiger charge is 2.15. The summed E-state index contributed by atoms with van der Waals surface area (Å²) in [7, 11) is 1.84. The van der Waals surface area contributed by atoms with E-state index in [0.29, 0.717) is 12.3 Å². The van der Waals surface area contributed by atoms with E-state index in [1.807, 2.05) is 73.1 Å². The second-order valence-electron chi connectivity index (χ2n) is 6.38. The van der Waals surface area contributed by atoms with Crippen LogP contribution in [0.5, 0.6) is 0 Å². The van der Waals surface area contributed by atoms with Crippen molar-refractivity contribution in [3.8, 4) is 11.3 Å². The van der Waals surface area contributed by atoms with Crippen molar-refractivity contribution in [2.24, 2.45) is 0 Å². The summed E-state index contributed by atoms with van der Waals surface area (Å²) in [4.78, 5) is 15.5. The Balaban J connectivity index is 1.54. The zero-order valence-electron chi connectivity index (χ0n) is 15.4. The molecule has 28 heavy (non-hydrogen) atoms. The third-order valence-corrected chi connectivity index (χ3v) is 6.26. The summed E-state index contributed by atoms with van der Waals surface area (Å²) in [5, 5.41) is 13.8. The normalized spacial score (nSPS) is 10.9. The highest BCUT2D eigenvalue weighted by molar-refractivity contribution is 8.00. The minimum atomic E-state index is 0.0800. The molecule has 1 amide bonds. The van der Waals surface area contributed by atoms with Crippen molar-refractivity contribution in [2.45, 2.75) is 11.6 Å². The first-order valence-corrected chi connectivity index (χ1v) is 10.8. The van der Waals surface area contributed by atoms with Crippen LogP contribution in [0.1, 0.15) is 4.88 Å². The van der Waals surface area contributed by atoms with Gasteiger partial charge in [-0.3, -0.25) is 4.79 Å². The molecule has 0 aliphatic heterocycles. The van der Waals surface area contributed by atoms with Gasteiger partial charge in [0.15, 0.2) is 0 Å². The standard InChI is InChI=1S/C22H19N3OS2/c1-25(14-17-10-7-13-27-17)20(26)15-28-22-19-12-6-5-11-18(19)21(23-24-22)16-8-3-2-4-9-16/h2-13H,14-15H2,1H3. The second kappa shape index (κ2) is 8.54. The highest BCUT2D eigenvalue weighted by atomic mass is 32.2. The molecule has 0 aliphatic carbocycles. The van der Waals surface area contributed by atoms with Crippen LogP contribution in [0.15, 0.2) is 77.1 Å². The fourth-order valence-corrected chi connectivity index (χ4v) is 4.63. The first-order valence-electron chi connectivity index (χ1n) is 8.92. The van der Waals surface area contributed by atoms with Crippen molar-refractivity contribution in [2.75, 3.05) is 12.8 Å². The maximum atomic E-state index is 12.5. The SMILES string of the molecule is CN(Cc1cccs1)C(=O)CSc1nnc(-c2ccccc2)c2ccccc12. The quantitative estimate of drug-likeness (QED) is 0.418. The van der Waals surface area contributed by atoms with Crippen LogP contribution in [0.3, 0.4) is 0 Å². The molecule has 0 saturated heterocycles. The first kappa shape index (κ1) is 18.7. The number of thiophene rings is 1. The molecule has 4 aromatic rings. The molecule has 0 spiro atoms. The van der Waals surface area contributed by atoms with E-state index < -0.39 is 0 Å². The molecule has 6 heteroatoms. The van der Waals surface area contributed by atoms with Crippen molar-refractivity contribution in [3.63, 3.8) is 0 Å². The number of fused-ring (bicyclic) bond motifs is 1. The Morgan fingerprint density at radius 3 is 2.46 bits per heavy atom. The molecule has 0 radical (unpaired) electrons. The Labute approximate surface area is 172 Å². The van der Waals surface area contributed by atoms with Crippen LogP contribution in [-0.4, -0.2) is 33.8 Å². The number of nitrogens with zero attached hydrogens (tertiary/aromatic N) is 3. The smallest absolute Gasteiger partial charge is 0.233 e. The molecule has 2 aromatic heterocycles. The number of amides is 1. The van der Waals surface area contributed by atoms with Crippen LogP contribution in [0.25, 0.3) is 22.0 Å². The summed E-state index contributed by atoms with van der Waals surface area (Å²) in [6.45, 7) is 0.635. The fourth-order valence-electron chi connectivity index (χ4n) is 2.96. The van der Waals surface area contributed by atoms with E-state index in [4.69, 9.17) is 0 Å². The lowest BCUT2D eigenvalue weighted by Gasteiger charge is -2.16. The van der Waals surface area contributed by atoms with Crippen molar-refractivity contribution >= 4 is 39.8 Å². The lowest BCUT2D eigenvalue weighted by molar-refractivity contribution is -0.127. The molecule has 0 aliphatic rings. The molecule has 2 aromatic carbocycles. The summed E-state index contributed by atoms with van der Waals surface area (Å²) < 4.78 is 0. The summed E-state index contributed by atoms with van der Waals surface area (Å²) in [5.74, 6) is 0.419. The van der Waals surface area contributed by atoms with Crippen molar-refractivity contribution in [1.82, 2.24) is 15.1 Å². The predicted octanol–water partition coefficient (Wildman–Crippen LogP) is 5.11. The van der Waals surface area contributed by atoms with Gasteiger partial charge in [-0.15, -0.1) is 21.5 Å². The summed E-state index contributed by atoms with van der Waals surface area (Å²) >= 11 is 3.10. The maximum Gasteiger partial charge on any atom is 0.233 e. The Bertz CT molecular complexity index is 1080. The average Bonchev–Trinajstić information content (AvgIpc) is 3.25. The number of hydrogen-bond acceptors (Lipinski definition) is 5. The largest absolute Gasteiger partial charge is 0.340 e. The Morgan fingerprint density at radius 1 is 0.964 bits per heavy atom. The second-order valence-corrected chi connectivity index (χ2v) is 8.38. The van der Waals surface area contributed by atoms with E-state index in [0.717, 1.165) is 27.1 Å². The number of hydrogen-bond donors (Lipinski definition) is 0. The number of rotatable bonds is 6. The van der Waals surface area contributed by atoms with Crippen LogP contribution in [-0.2, 0) is 11.3 Å². The topological polar surface area (TPSA) is 46.1 Å². The van der Waals surface area contributed by atoms with Crippen LogP contribution in [0, 0.1) is 0 Å². The number of benzene rings is 2. The lowest BCUT2D eigenvalue weighted by atomic mass is 10.1. The van der Waals surface area contributed by atoms with Gasteiger partial charge in [0, 0.05) is 28.3 Å². The fraction of sp³-hybridized carbons (Fsp3) is 0.136. The van der Waals surface area contributed by atoms with Gasteiger partial charge in [-0.2, -0.15) is 0 Å². The van der Waals surface area contributed by atoms with Crippen molar-refractivity contribution in [3.05, 3.63) is 77.0 Å². The monoisotopic (exact) mass is 405 g/mol. The van der Waals surface area contributed by atoms with E-state index in [9.17, 15) is 4.79 Å². The first-order chi connectivity index (χ1) is 13.7. The molecular formula is C22H19N3OS2. The Kier molecular flexibility index (Phi) is 5.69. The number of carbonyl (C=O) groups excluding carboxylic acids is 1. The van der Waals surface area contributed by atoms with Crippen molar-refractivity contribution < 1.29 is 4.79 Å². The van der Waals surface area contributed by atoms with E-state index in [1.54, 1.807) is 16.2 Å². The predicted molar refractivity (Wildman–Crippen MR) is 116 cm³/mol. The number of aromatic nitrogens is 2. The molecule has 0 saturated carbocycles. The third kappa shape index (κ3) is 4.08. The van der Waals surface area contributed by atoms with E-state index in [2.05, 4.69) is 16.3 Å². The minimum Gasteiger partial charge on any atom is -0.340 e. The molecule has 0 atom stereocenters. The molecule has 0 N–H and O–H groups in total. The molecule has 0 fully saturated rings. The summed E-state index contributed by atoms with van der Waals surface area (Å²) in [6, 6.07) is 22.2. The van der Waals surface area contributed by atoms with E-state index in [-0.39, 0.29) is 5.91 Å². The lowest BCUT2D eigenvalue weighted by Crippen LogP contribution is -2.27. The summed E-state index contributed by atoms with van der Waals surface area (Å²) in [6.07, 6.45) is 0. The molecular weight excluding hydrogens is 386 g/mol. The third-order valence-electron chi connectivity index (χ3n) is 4.43. The van der Waals surface area contributed by atoms with Gasteiger partial charge in [0.05, 0.1) is 12.3 Å². The number of thioether (sulfide) groups is 1. The van der Waals surface area contributed by atoms with Gasteiger partial charge in [0.25, 0.3) is 0 Å². The van der Waals surface area contributed by atoms with Crippen LogP contribution >= 0.6 is 23.1 Å². The van der Waals surface area contributed by atoms with Gasteiger partial charge in [-0.05, 0) is 11.4 Å². The molecule has 4 nitrogen and oxygen atoms in total. The van der Waals surface area contributed by atoms with Gasteiger partial charge >= 0.3 is 0 Å². The summed E-state index contributed by atoms with van der Waals surface area (Å²) in [5.41, 5.74) is 1.90. The van der Waals surface area contributed by atoms with Gasteiger partial charge in [-0.25, -0.2) is 0 Å². The molecule has 2 heterocycles.